The van der Waals surface area contributed by atoms with Crippen LogP contribution in [0.2, 0.25) is 0 Å². The molecular formula is C8H11N2. The third-order valence-electron chi connectivity index (χ3n) is 1.35. The highest BCUT2D eigenvalue weighted by molar-refractivity contribution is 5.08. The van der Waals surface area contributed by atoms with Crippen LogP contribution >= 0.6 is 0 Å². The number of hydrogen-bond donors (Lipinski definition) is 0. The molecule has 0 aliphatic carbocycles. The van der Waals surface area contributed by atoms with Gasteiger partial charge in [-0.15, -0.1) is 0 Å². The van der Waals surface area contributed by atoms with Gasteiger partial charge in [-0.05, 0) is 18.1 Å². The van der Waals surface area contributed by atoms with Gasteiger partial charge in [0.1, 0.15) is 0 Å². The molecule has 10 heavy (non-hydrogen) atoms. The van der Waals surface area contributed by atoms with Crippen LogP contribution in [0.3, 0.4) is 0 Å². The zero-order valence-electron chi connectivity index (χ0n) is 6.12. The van der Waals surface area contributed by atoms with E-state index in [1.165, 1.54) is 5.56 Å². The van der Waals surface area contributed by atoms with E-state index in [-0.39, 0.29) is 0 Å². The van der Waals surface area contributed by atoms with Crippen molar-refractivity contribution in [2.75, 3.05) is 13.6 Å². The Hall–Kier alpha value is -0.890. The lowest BCUT2D eigenvalue weighted by atomic mass is 10.2. The smallest absolute Gasteiger partial charge is 0.0300 e. The van der Waals surface area contributed by atoms with Crippen molar-refractivity contribution in [1.82, 2.24) is 10.3 Å². The molecule has 0 saturated carbocycles. The lowest BCUT2D eigenvalue weighted by molar-refractivity contribution is 0.775. The van der Waals surface area contributed by atoms with Crippen LogP contribution in [0.1, 0.15) is 5.56 Å². The second-order valence-corrected chi connectivity index (χ2v) is 2.15. The maximum Gasteiger partial charge on any atom is 0.0300 e. The highest BCUT2D eigenvalue weighted by Crippen LogP contribution is 1.94. The molecule has 1 radical (unpaired) electrons. The SMILES string of the molecule is C[N]CCc1cccnc1. The van der Waals surface area contributed by atoms with Crippen molar-refractivity contribution in [2.24, 2.45) is 0 Å². The Balaban J connectivity index is 2.43. The molecule has 0 aliphatic rings. The van der Waals surface area contributed by atoms with Crippen LogP contribution in [0.5, 0.6) is 0 Å². The topological polar surface area (TPSA) is 27.0 Å². The van der Waals surface area contributed by atoms with Crippen LogP contribution in [0.4, 0.5) is 0 Å². The van der Waals surface area contributed by atoms with Crippen LogP contribution in [0.25, 0.3) is 0 Å². The summed E-state index contributed by atoms with van der Waals surface area (Å²) in [6.07, 6.45) is 4.67. The molecule has 0 fully saturated rings. The van der Waals surface area contributed by atoms with E-state index < -0.39 is 0 Å². The van der Waals surface area contributed by atoms with E-state index in [1.54, 1.807) is 6.20 Å². The van der Waals surface area contributed by atoms with Gasteiger partial charge in [0.15, 0.2) is 0 Å². The molecule has 2 nitrogen and oxygen atoms in total. The summed E-state index contributed by atoms with van der Waals surface area (Å²) in [7, 11) is 1.83. The monoisotopic (exact) mass is 135 g/mol. The van der Waals surface area contributed by atoms with Crippen molar-refractivity contribution in [3.05, 3.63) is 30.1 Å². The van der Waals surface area contributed by atoms with Crippen molar-refractivity contribution in [2.45, 2.75) is 6.42 Å². The van der Waals surface area contributed by atoms with E-state index in [2.05, 4.69) is 16.4 Å². The number of nitrogens with zero attached hydrogens (tertiary/aromatic N) is 2. The molecule has 0 bridgehead atoms. The maximum atomic E-state index is 4.00. The Morgan fingerprint density at radius 3 is 3.10 bits per heavy atom. The van der Waals surface area contributed by atoms with Gasteiger partial charge in [-0.3, -0.25) is 4.98 Å². The molecule has 0 amide bonds. The first kappa shape index (κ1) is 7.22. The average molecular weight is 135 g/mol. The molecule has 0 aromatic carbocycles. The Morgan fingerprint density at radius 1 is 1.60 bits per heavy atom. The van der Waals surface area contributed by atoms with E-state index in [9.17, 15) is 0 Å². The highest BCUT2D eigenvalue weighted by Gasteiger charge is 1.88. The number of hydrogen-bond acceptors (Lipinski definition) is 1. The molecule has 0 N–H and O–H groups in total. The fraction of sp³-hybridized carbons (Fsp3) is 0.375. The number of rotatable bonds is 3. The van der Waals surface area contributed by atoms with Crippen LogP contribution in [0.15, 0.2) is 24.5 Å². The molecule has 0 spiro atoms. The van der Waals surface area contributed by atoms with Gasteiger partial charge in [0.05, 0.1) is 0 Å². The van der Waals surface area contributed by atoms with E-state index in [0.29, 0.717) is 0 Å². The summed E-state index contributed by atoms with van der Waals surface area (Å²) in [5, 5.41) is 4.00. The Bertz CT molecular complexity index is 172. The van der Waals surface area contributed by atoms with Crippen LogP contribution in [0, 0.1) is 0 Å². The summed E-state index contributed by atoms with van der Waals surface area (Å²) in [6.45, 7) is 0.895. The van der Waals surface area contributed by atoms with Crippen LogP contribution in [-0.4, -0.2) is 18.6 Å². The van der Waals surface area contributed by atoms with E-state index in [4.69, 9.17) is 0 Å². The highest BCUT2D eigenvalue weighted by atomic mass is 14.8. The van der Waals surface area contributed by atoms with E-state index >= 15 is 0 Å². The molecule has 1 heterocycles. The molecular weight excluding hydrogens is 124 g/mol. The number of pyridine rings is 1. The molecule has 2 heteroatoms. The average Bonchev–Trinajstić information content (AvgIpc) is 2.03. The molecule has 0 atom stereocenters. The lowest BCUT2D eigenvalue weighted by Crippen LogP contribution is -2.02. The summed E-state index contributed by atoms with van der Waals surface area (Å²) in [5.41, 5.74) is 1.26. The second-order valence-electron chi connectivity index (χ2n) is 2.15. The van der Waals surface area contributed by atoms with Gasteiger partial charge in [-0.1, -0.05) is 6.07 Å². The van der Waals surface area contributed by atoms with Crippen molar-refractivity contribution in [3.8, 4) is 0 Å². The van der Waals surface area contributed by atoms with Gasteiger partial charge in [-0.25, -0.2) is 5.32 Å². The molecule has 0 unspecified atom stereocenters. The molecule has 0 saturated heterocycles. The van der Waals surface area contributed by atoms with Crippen molar-refractivity contribution in [1.29, 1.82) is 0 Å². The number of likely N-dealkylation sites (N-methyl/N-ethyl adjacent to an activating group) is 1. The summed E-state index contributed by atoms with van der Waals surface area (Å²) in [4.78, 5) is 4.00. The van der Waals surface area contributed by atoms with Gasteiger partial charge in [-0.2, -0.15) is 0 Å². The summed E-state index contributed by atoms with van der Waals surface area (Å²) in [5.74, 6) is 0. The van der Waals surface area contributed by atoms with E-state index in [0.717, 1.165) is 13.0 Å². The predicted molar refractivity (Wildman–Crippen MR) is 40.9 cm³/mol. The predicted octanol–water partition coefficient (Wildman–Crippen LogP) is 0.858. The minimum atomic E-state index is 0.895. The fourth-order valence-electron chi connectivity index (χ4n) is 0.787. The van der Waals surface area contributed by atoms with Crippen molar-refractivity contribution < 1.29 is 0 Å². The molecule has 0 aliphatic heterocycles. The minimum Gasteiger partial charge on any atom is -0.264 e. The van der Waals surface area contributed by atoms with Gasteiger partial charge in [0.25, 0.3) is 0 Å². The lowest BCUT2D eigenvalue weighted by Gasteiger charge is -1.95. The molecule has 53 valence electrons. The first-order chi connectivity index (χ1) is 4.93. The Kier molecular flexibility index (Phi) is 2.90. The first-order valence-electron chi connectivity index (χ1n) is 3.38. The van der Waals surface area contributed by atoms with Gasteiger partial charge in [0, 0.05) is 26.0 Å². The molecule has 1 rings (SSSR count). The Morgan fingerprint density at radius 2 is 2.50 bits per heavy atom. The van der Waals surface area contributed by atoms with Gasteiger partial charge in [0.2, 0.25) is 0 Å². The Labute approximate surface area is 61.3 Å². The quantitative estimate of drug-likeness (QED) is 0.603. The summed E-state index contributed by atoms with van der Waals surface area (Å²) < 4.78 is 0. The normalized spacial score (nSPS) is 9.70. The minimum absolute atomic E-state index is 0.895. The van der Waals surface area contributed by atoms with Crippen molar-refractivity contribution >= 4 is 0 Å². The van der Waals surface area contributed by atoms with Crippen molar-refractivity contribution in [3.63, 3.8) is 0 Å². The molecule has 1 aromatic heterocycles. The third-order valence-corrected chi connectivity index (χ3v) is 1.35. The number of aromatic nitrogens is 1. The van der Waals surface area contributed by atoms with Crippen LogP contribution in [-0.2, 0) is 6.42 Å². The maximum absolute atomic E-state index is 4.00. The van der Waals surface area contributed by atoms with E-state index in [1.807, 2.05) is 19.3 Å². The summed E-state index contributed by atoms with van der Waals surface area (Å²) >= 11 is 0. The molecule has 1 aromatic rings. The fourth-order valence-corrected chi connectivity index (χ4v) is 0.787. The zero-order chi connectivity index (χ0) is 7.23. The second kappa shape index (κ2) is 4.01. The largest absolute Gasteiger partial charge is 0.264 e. The van der Waals surface area contributed by atoms with Gasteiger partial charge < -0.3 is 0 Å². The summed E-state index contributed by atoms with van der Waals surface area (Å²) in [6, 6.07) is 4.02. The first-order valence-corrected chi connectivity index (χ1v) is 3.38. The zero-order valence-corrected chi connectivity index (χ0v) is 6.12. The third kappa shape index (κ3) is 2.15. The van der Waals surface area contributed by atoms with Gasteiger partial charge >= 0.3 is 0 Å². The van der Waals surface area contributed by atoms with Crippen LogP contribution < -0.4 is 5.32 Å². The standard InChI is InChI=1S/C8H11N2/c1-9-6-4-8-3-2-5-10-7-8/h2-3,5,7H,4,6H2,1H3.